The fraction of sp³-hybridized carbons (Fsp3) is 0.857. The number of nitrogens with one attached hydrogen (secondary N) is 1. The molecule has 2 unspecified atom stereocenters. The van der Waals surface area contributed by atoms with Crippen LogP contribution in [0, 0.1) is 5.92 Å². The number of rotatable bonds is 5. The molecule has 0 radical (unpaired) electrons. The lowest BCUT2D eigenvalue weighted by atomic mass is 10.2. The summed E-state index contributed by atoms with van der Waals surface area (Å²) in [6, 6.07) is 0. The number of thioether (sulfide) groups is 1. The van der Waals surface area contributed by atoms with E-state index in [0.29, 0.717) is 11.8 Å². The molecule has 0 aromatic rings. The summed E-state index contributed by atoms with van der Waals surface area (Å²) < 4.78 is 0. The van der Waals surface area contributed by atoms with Crippen LogP contribution in [0.3, 0.4) is 0 Å². The first-order valence-corrected chi connectivity index (χ1v) is 4.98. The quantitative estimate of drug-likeness (QED) is 0.316. The average molecular weight is 191 g/mol. The Hall–Kier alpha value is -0.260. The van der Waals surface area contributed by atoms with Gasteiger partial charge in [0, 0.05) is 23.5 Å². The van der Waals surface area contributed by atoms with E-state index in [4.69, 9.17) is 11.6 Å². The van der Waals surface area contributed by atoms with Crippen LogP contribution >= 0.6 is 11.8 Å². The zero-order valence-corrected chi connectivity index (χ0v) is 8.36. The third kappa shape index (κ3) is 4.58. The number of hydrogen-bond acceptors (Lipinski definition) is 4. The van der Waals surface area contributed by atoms with Crippen LogP contribution in [0.1, 0.15) is 13.8 Å². The Labute approximate surface area is 77.4 Å². The number of hydrogen-bond donors (Lipinski definition) is 3. The zero-order valence-electron chi connectivity index (χ0n) is 7.54. The number of carbonyl (C=O) groups is 1. The van der Waals surface area contributed by atoms with Crippen molar-refractivity contribution in [3.05, 3.63) is 0 Å². The molecule has 0 rings (SSSR count). The standard InChI is InChI=1S/C7H17N3OS/c1-5(7(11)10-9)4-12-6(2)3-8/h5-6H,3-4,8-9H2,1-2H3,(H,10,11). The van der Waals surface area contributed by atoms with Crippen molar-refractivity contribution in [3.8, 4) is 0 Å². The van der Waals surface area contributed by atoms with Gasteiger partial charge in [-0.25, -0.2) is 5.84 Å². The Balaban J connectivity index is 3.56. The molecule has 0 fully saturated rings. The van der Waals surface area contributed by atoms with Crippen LogP contribution in [0.2, 0.25) is 0 Å². The minimum absolute atomic E-state index is 0.0472. The predicted molar refractivity (Wildman–Crippen MR) is 52.5 cm³/mol. The summed E-state index contributed by atoms with van der Waals surface area (Å²) in [5.41, 5.74) is 7.54. The number of amides is 1. The Morgan fingerprint density at radius 3 is 2.58 bits per heavy atom. The Morgan fingerprint density at radius 2 is 2.17 bits per heavy atom. The molecule has 12 heavy (non-hydrogen) atoms. The fourth-order valence-corrected chi connectivity index (χ4v) is 1.50. The summed E-state index contributed by atoms with van der Waals surface area (Å²) in [7, 11) is 0. The van der Waals surface area contributed by atoms with Gasteiger partial charge in [-0.05, 0) is 0 Å². The molecule has 0 aromatic heterocycles. The summed E-state index contributed by atoms with van der Waals surface area (Å²) in [6.07, 6.45) is 0. The molecule has 0 aliphatic rings. The van der Waals surface area contributed by atoms with Gasteiger partial charge in [0.2, 0.25) is 5.91 Å². The summed E-state index contributed by atoms with van der Waals surface area (Å²) in [4.78, 5) is 10.9. The fourth-order valence-electron chi connectivity index (χ4n) is 0.595. The SMILES string of the molecule is CC(CN)SCC(C)C(=O)NN. The van der Waals surface area contributed by atoms with Gasteiger partial charge in [-0.2, -0.15) is 11.8 Å². The van der Waals surface area contributed by atoms with Gasteiger partial charge in [0.15, 0.2) is 0 Å². The first-order valence-electron chi connectivity index (χ1n) is 3.94. The molecule has 0 aliphatic heterocycles. The van der Waals surface area contributed by atoms with Gasteiger partial charge in [-0.1, -0.05) is 13.8 Å². The van der Waals surface area contributed by atoms with Crippen LogP contribution in [0.5, 0.6) is 0 Å². The Morgan fingerprint density at radius 1 is 1.58 bits per heavy atom. The molecule has 4 nitrogen and oxygen atoms in total. The zero-order chi connectivity index (χ0) is 9.56. The van der Waals surface area contributed by atoms with E-state index >= 15 is 0 Å². The highest BCUT2D eigenvalue weighted by atomic mass is 32.2. The third-order valence-corrected chi connectivity index (χ3v) is 3.01. The average Bonchev–Trinajstić information content (AvgIpc) is 2.11. The summed E-state index contributed by atoms with van der Waals surface area (Å²) >= 11 is 1.69. The van der Waals surface area contributed by atoms with E-state index in [-0.39, 0.29) is 11.8 Å². The van der Waals surface area contributed by atoms with E-state index < -0.39 is 0 Å². The van der Waals surface area contributed by atoms with Crippen molar-refractivity contribution < 1.29 is 4.79 Å². The lowest BCUT2D eigenvalue weighted by Crippen LogP contribution is -2.36. The topological polar surface area (TPSA) is 81.1 Å². The summed E-state index contributed by atoms with van der Waals surface area (Å²) in [5.74, 6) is 5.58. The molecule has 0 heterocycles. The highest BCUT2D eigenvalue weighted by molar-refractivity contribution is 7.99. The second-order valence-corrected chi connectivity index (χ2v) is 4.26. The van der Waals surface area contributed by atoms with Crippen LogP contribution in [0.25, 0.3) is 0 Å². The van der Waals surface area contributed by atoms with Crippen LogP contribution < -0.4 is 17.0 Å². The predicted octanol–water partition coefficient (Wildman–Crippen LogP) is -0.307. The Kier molecular flexibility index (Phi) is 6.14. The van der Waals surface area contributed by atoms with Crippen molar-refractivity contribution >= 4 is 17.7 Å². The largest absolute Gasteiger partial charge is 0.329 e. The van der Waals surface area contributed by atoms with E-state index in [9.17, 15) is 4.79 Å². The van der Waals surface area contributed by atoms with Gasteiger partial charge in [0.05, 0.1) is 0 Å². The molecule has 1 amide bonds. The van der Waals surface area contributed by atoms with Crippen molar-refractivity contribution in [3.63, 3.8) is 0 Å². The highest BCUT2D eigenvalue weighted by Crippen LogP contribution is 2.13. The summed E-state index contributed by atoms with van der Waals surface area (Å²) in [6.45, 7) is 4.53. The highest BCUT2D eigenvalue weighted by Gasteiger charge is 2.12. The van der Waals surface area contributed by atoms with Gasteiger partial charge >= 0.3 is 0 Å². The molecule has 2 atom stereocenters. The van der Waals surface area contributed by atoms with E-state index in [1.165, 1.54) is 0 Å². The van der Waals surface area contributed by atoms with Crippen LogP contribution in [0.15, 0.2) is 0 Å². The first kappa shape index (κ1) is 11.7. The molecule has 0 aliphatic carbocycles. The Bertz CT molecular complexity index is 143. The normalized spacial score (nSPS) is 15.3. The number of hydrazine groups is 1. The molecular formula is C7H17N3OS. The molecule has 72 valence electrons. The second-order valence-electron chi connectivity index (χ2n) is 2.79. The molecule has 0 aromatic carbocycles. The maximum atomic E-state index is 10.9. The van der Waals surface area contributed by atoms with Crippen molar-refractivity contribution in [1.82, 2.24) is 5.43 Å². The summed E-state index contributed by atoms with van der Waals surface area (Å²) in [5, 5.41) is 0.401. The molecule has 0 saturated carbocycles. The molecule has 5 N–H and O–H groups in total. The lowest BCUT2D eigenvalue weighted by molar-refractivity contribution is -0.123. The van der Waals surface area contributed by atoms with Crippen LogP contribution in [0.4, 0.5) is 0 Å². The van der Waals surface area contributed by atoms with E-state index in [2.05, 4.69) is 5.43 Å². The third-order valence-electron chi connectivity index (χ3n) is 1.55. The molecule has 0 bridgehead atoms. The molecular weight excluding hydrogens is 174 g/mol. The lowest BCUT2D eigenvalue weighted by Gasteiger charge is -2.12. The molecule has 0 saturated heterocycles. The maximum Gasteiger partial charge on any atom is 0.237 e. The number of nitrogens with two attached hydrogens (primary N) is 2. The van der Waals surface area contributed by atoms with Crippen molar-refractivity contribution in [1.29, 1.82) is 0 Å². The van der Waals surface area contributed by atoms with Gasteiger partial charge in [0.25, 0.3) is 0 Å². The van der Waals surface area contributed by atoms with Crippen LogP contribution in [-0.2, 0) is 4.79 Å². The molecule has 0 spiro atoms. The van der Waals surface area contributed by atoms with Gasteiger partial charge < -0.3 is 5.73 Å². The first-order chi connectivity index (χ1) is 5.61. The van der Waals surface area contributed by atoms with Gasteiger partial charge in [-0.3, -0.25) is 10.2 Å². The van der Waals surface area contributed by atoms with E-state index in [1.54, 1.807) is 11.8 Å². The van der Waals surface area contributed by atoms with Gasteiger partial charge in [0.1, 0.15) is 0 Å². The number of carbonyl (C=O) groups excluding carboxylic acids is 1. The van der Waals surface area contributed by atoms with Crippen molar-refractivity contribution in [2.24, 2.45) is 17.5 Å². The monoisotopic (exact) mass is 191 g/mol. The van der Waals surface area contributed by atoms with E-state index in [0.717, 1.165) is 5.75 Å². The second kappa shape index (κ2) is 6.28. The van der Waals surface area contributed by atoms with Crippen molar-refractivity contribution in [2.45, 2.75) is 19.1 Å². The van der Waals surface area contributed by atoms with Gasteiger partial charge in [-0.15, -0.1) is 0 Å². The van der Waals surface area contributed by atoms with Crippen molar-refractivity contribution in [2.75, 3.05) is 12.3 Å². The van der Waals surface area contributed by atoms with E-state index in [1.807, 2.05) is 13.8 Å². The molecule has 5 heteroatoms. The minimum Gasteiger partial charge on any atom is -0.329 e. The van der Waals surface area contributed by atoms with Crippen LogP contribution in [-0.4, -0.2) is 23.5 Å². The maximum absolute atomic E-state index is 10.9. The smallest absolute Gasteiger partial charge is 0.237 e. The minimum atomic E-state index is -0.119.